The number of thiazole rings is 1. The number of rotatable bonds is 3. The molecule has 0 aliphatic rings. The first-order valence-electron chi connectivity index (χ1n) is 6.47. The smallest absolute Gasteiger partial charge is 0.449 e. The molecule has 3 rings (SSSR count). The number of hydrogen-bond acceptors (Lipinski definition) is 6. The molecule has 3 aromatic rings. The molecule has 0 unspecified atom stereocenters. The standard InChI is InChI=1S/C14H11FN4O3S/c1-7-12(10-4-11(19(2)18-10)22-14(20)21)23-13(17-7)8-3-9(15)6-16-5-8/h3-6H,1-2H3,(H,20,21). The van der Waals surface area contributed by atoms with E-state index >= 15 is 0 Å². The lowest BCUT2D eigenvalue weighted by Crippen LogP contribution is -2.06. The number of carboxylic acid groups (broad SMARTS) is 1. The molecule has 118 valence electrons. The molecule has 0 fully saturated rings. The van der Waals surface area contributed by atoms with E-state index in [9.17, 15) is 9.18 Å². The molecule has 0 aliphatic heterocycles. The van der Waals surface area contributed by atoms with Crippen LogP contribution >= 0.6 is 11.3 Å². The molecule has 1 N–H and O–H groups in total. The second-order valence-corrected chi connectivity index (χ2v) is 5.68. The van der Waals surface area contributed by atoms with E-state index in [0.717, 1.165) is 11.1 Å². The van der Waals surface area contributed by atoms with Crippen molar-refractivity contribution in [1.82, 2.24) is 19.7 Å². The second-order valence-electron chi connectivity index (χ2n) is 4.68. The van der Waals surface area contributed by atoms with Crippen molar-refractivity contribution in [2.45, 2.75) is 6.92 Å². The average molecular weight is 334 g/mol. The van der Waals surface area contributed by atoms with Crippen LogP contribution in [0.4, 0.5) is 9.18 Å². The van der Waals surface area contributed by atoms with Gasteiger partial charge < -0.3 is 9.84 Å². The van der Waals surface area contributed by atoms with Gasteiger partial charge in [-0.3, -0.25) is 4.98 Å². The van der Waals surface area contributed by atoms with Crippen LogP contribution in [-0.2, 0) is 7.05 Å². The van der Waals surface area contributed by atoms with Gasteiger partial charge in [0.2, 0.25) is 5.88 Å². The van der Waals surface area contributed by atoms with E-state index < -0.39 is 12.0 Å². The van der Waals surface area contributed by atoms with Gasteiger partial charge in [-0.25, -0.2) is 18.9 Å². The largest absolute Gasteiger partial charge is 0.512 e. The fourth-order valence-corrected chi connectivity index (χ4v) is 3.04. The molecule has 0 bridgehead atoms. The number of hydrogen-bond donors (Lipinski definition) is 1. The highest BCUT2D eigenvalue weighted by Crippen LogP contribution is 2.35. The van der Waals surface area contributed by atoms with Gasteiger partial charge in [-0.05, 0) is 13.0 Å². The van der Waals surface area contributed by atoms with Gasteiger partial charge in [-0.1, -0.05) is 0 Å². The van der Waals surface area contributed by atoms with Gasteiger partial charge in [-0.2, -0.15) is 5.10 Å². The zero-order valence-corrected chi connectivity index (χ0v) is 13.0. The Kier molecular flexibility index (Phi) is 3.78. The summed E-state index contributed by atoms with van der Waals surface area (Å²) in [5, 5.41) is 13.5. The minimum atomic E-state index is -1.41. The fraction of sp³-hybridized carbons (Fsp3) is 0.143. The third-order valence-electron chi connectivity index (χ3n) is 3.01. The molecular formula is C14H11FN4O3S. The van der Waals surface area contributed by atoms with Crippen LogP contribution in [0.25, 0.3) is 21.1 Å². The van der Waals surface area contributed by atoms with E-state index in [1.54, 1.807) is 14.0 Å². The number of pyridine rings is 1. The van der Waals surface area contributed by atoms with E-state index in [-0.39, 0.29) is 5.88 Å². The van der Waals surface area contributed by atoms with Crippen molar-refractivity contribution in [2.75, 3.05) is 0 Å². The van der Waals surface area contributed by atoms with E-state index in [4.69, 9.17) is 5.11 Å². The predicted octanol–water partition coefficient (Wildman–Crippen LogP) is 3.11. The van der Waals surface area contributed by atoms with Gasteiger partial charge in [0.15, 0.2) is 0 Å². The highest BCUT2D eigenvalue weighted by molar-refractivity contribution is 7.18. The number of carbonyl (C=O) groups is 1. The van der Waals surface area contributed by atoms with Crippen molar-refractivity contribution in [3.05, 3.63) is 36.0 Å². The van der Waals surface area contributed by atoms with Gasteiger partial charge in [0.25, 0.3) is 0 Å². The Hall–Kier alpha value is -2.81. The Bertz CT molecular complexity index is 890. The van der Waals surface area contributed by atoms with Gasteiger partial charge in [0, 0.05) is 24.9 Å². The topological polar surface area (TPSA) is 90.1 Å². The first-order valence-corrected chi connectivity index (χ1v) is 7.29. The molecule has 0 spiro atoms. The summed E-state index contributed by atoms with van der Waals surface area (Å²) < 4.78 is 19.2. The Morgan fingerprint density at radius 1 is 1.39 bits per heavy atom. The zero-order chi connectivity index (χ0) is 16.6. The van der Waals surface area contributed by atoms with Crippen LogP contribution in [-0.4, -0.2) is 31.0 Å². The van der Waals surface area contributed by atoms with Crippen LogP contribution in [0.3, 0.4) is 0 Å². The van der Waals surface area contributed by atoms with Crippen molar-refractivity contribution >= 4 is 17.5 Å². The van der Waals surface area contributed by atoms with Gasteiger partial charge in [0.05, 0.1) is 16.8 Å². The van der Waals surface area contributed by atoms with Gasteiger partial charge in [0.1, 0.15) is 16.5 Å². The highest BCUT2D eigenvalue weighted by atomic mass is 32.1. The summed E-state index contributed by atoms with van der Waals surface area (Å²) in [5.41, 5.74) is 1.81. The molecule has 7 nitrogen and oxygen atoms in total. The molecule has 3 heterocycles. The molecule has 0 aromatic carbocycles. The lowest BCUT2D eigenvalue weighted by molar-refractivity contribution is 0.140. The molecule has 0 amide bonds. The predicted molar refractivity (Wildman–Crippen MR) is 80.9 cm³/mol. The molecule has 0 saturated carbocycles. The van der Waals surface area contributed by atoms with Gasteiger partial charge >= 0.3 is 6.16 Å². The van der Waals surface area contributed by atoms with E-state index in [0.29, 0.717) is 22.0 Å². The van der Waals surface area contributed by atoms with Crippen LogP contribution in [0.15, 0.2) is 24.5 Å². The molecule has 0 radical (unpaired) electrons. The van der Waals surface area contributed by atoms with Crippen molar-refractivity contribution in [3.8, 4) is 27.0 Å². The Labute approximate surface area is 134 Å². The number of nitrogens with zero attached hydrogens (tertiary/aromatic N) is 4. The molecular weight excluding hydrogens is 323 g/mol. The summed E-state index contributed by atoms with van der Waals surface area (Å²) in [6.07, 6.45) is 1.24. The molecule has 3 aromatic heterocycles. The summed E-state index contributed by atoms with van der Waals surface area (Å²) in [6.45, 7) is 1.80. The summed E-state index contributed by atoms with van der Waals surface area (Å²) in [7, 11) is 1.58. The Morgan fingerprint density at radius 3 is 2.87 bits per heavy atom. The molecule has 0 aliphatic carbocycles. The number of ether oxygens (including phenoxy) is 1. The number of aromatic nitrogens is 4. The Balaban J connectivity index is 2.00. The molecule has 9 heteroatoms. The minimum absolute atomic E-state index is 0.106. The maximum atomic E-state index is 13.3. The quantitative estimate of drug-likeness (QED) is 0.740. The normalized spacial score (nSPS) is 10.7. The third kappa shape index (κ3) is 3.04. The molecule has 0 saturated heterocycles. The van der Waals surface area contributed by atoms with Crippen molar-refractivity contribution < 1.29 is 19.0 Å². The summed E-state index contributed by atoms with van der Waals surface area (Å²) in [4.78, 5) is 19.6. The SMILES string of the molecule is Cc1nc(-c2cncc(F)c2)sc1-c1cc(OC(=O)O)n(C)n1. The fourth-order valence-electron chi connectivity index (χ4n) is 2.03. The van der Waals surface area contributed by atoms with Crippen molar-refractivity contribution in [1.29, 1.82) is 0 Å². The second kappa shape index (κ2) is 5.76. The van der Waals surface area contributed by atoms with E-state index in [1.807, 2.05) is 0 Å². The Morgan fingerprint density at radius 2 is 2.17 bits per heavy atom. The maximum absolute atomic E-state index is 13.3. The number of halogens is 1. The van der Waals surface area contributed by atoms with Crippen molar-refractivity contribution in [2.24, 2.45) is 7.05 Å². The van der Waals surface area contributed by atoms with Crippen LogP contribution in [0.1, 0.15) is 5.69 Å². The lowest BCUT2D eigenvalue weighted by atomic mass is 10.3. The maximum Gasteiger partial charge on any atom is 0.512 e. The van der Waals surface area contributed by atoms with Crippen LogP contribution in [0.2, 0.25) is 0 Å². The molecule has 23 heavy (non-hydrogen) atoms. The molecule has 0 atom stereocenters. The minimum Gasteiger partial charge on any atom is -0.449 e. The summed E-state index contributed by atoms with van der Waals surface area (Å²) >= 11 is 1.32. The first kappa shape index (κ1) is 15.1. The average Bonchev–Trinajstić information content (AvgIpc) is 3.02. The summed E-state index contributed by atoms with van der Waals surface area (Å²) in [6, 6.07) is 2.87. The van der Waals surface area contributed by atoms with Crippen LogP contribution in [0.5, 0.6) is 5.88 Å². The van der Waals surface area contributed by atoms with Crippen LogP contribution in [0, 0.1) is 12.7 Å². The van der Waals surface area contributed by atoms with Gasteiger partial charge in [-0.15, -0.1) is 11.3 Å². The van der Waals surface area contributed by atoms with E-state index in [2.05, 4.69) is 19.8 Å². The monoisotopic (exact) mass is 334 g/mol. The number of aryl methyl sites for hydroxylation is 2. The summed E-state index contributed by atoms with van der Waals surface area (Å²) in [5.74, 6) is -0.332. The van der Waals surface area contributed by atoms with Crippen molar-refractivity contribution in [3.63, 3.8) is 0 Å². The first-order chi connectivity index (χ1) is 10.9. The third-order valence-corrected chi connectivity index (χ3v) is 4.24. The lowest BCUT2D eigenvalue weighted by Gasteiger charge is -1.96. The van der Waals surface area contributed by atoms with E-state index in [1.165, 1.54) is 34.3 Å². The highest BCUT2D eigenvalue weighted by Gasteiger charge is 2.17. The van der Waals surface area contributed by atoms with Crippen LogP contribution < -0.4 is 4.74 Å². The zero-order valence-electron chi connectivity index (χ0n) is 12.1.